The third-order valence-electron chi connectivity index (χ3n) is 3.73. The average molecular weight is 327 g/mol. The van der Waals surface area contributed by atoms with Crippen molar-refractivity contribution in [2.24, 2.45) is 5.92 Å². The first-order chi connectivity index (χ1) is 10.5. The van der Waals surface area contributed by atoms with Crippen LogP contribution >= 0.6 is 11.3 Å². The summed E-state index contributed by atoms with van der Waals surface area (Å²) >= 11 is 0.660. The Morgan fingerprint density at radius 2 is 2.05 bits per heavy atom. The fourth-order valence-corrected chi connectivity index (χ4v) is 3.28. The summed E-state index contributed by atoms with van der Waals surface area (Å²) in [6.07, 6.45) is -2.40. The van der Waals surface area contributed by atoms with E-state index in [1.54, 1.807) is 0 Å². The van der Waals surface area contributed by atoms with E-state index >= 15 is 0 Å². The number of rotatable bonds is 4. The van der Waals surface area contributed by atoms with Crippen molar-refractivity contribution in [3.8, 4) is 0 Å². The Kier molecular flexibility index (Phi) is 4.24. The van der Waals surface area contributed by atoms with E-state index in [2.05, 4.69) is 27.3 Å². The van der Waals surface area contributed by atoms with Gasteiger partial charge in [0, 0.05) is 25.3 Å². The monoisotopic (exact) mass is 327 g/mol. The van der Waals surface area contributed by atoms with Gasteiger partial charge in [-0.15, -0.1) is 0 Å². The summed E-state index contributed by atoms with van der Waals surface area (Å²) in [5.74, 6) is 0.415. The molecule has 0 radical (unpaired) electrons. The molecule has 1 aliphatic rings. The van der Waals surface area contributed by atoms with Gasteiger partial charge in [-0.25, -0.2) is 4.98 Å². The highest BCUT2D eigenvalue weighted by Gasteiger charge is 2.33. The highest BCUT2D eigenvalue weighted by atomic mass is 32.1. The second-order valence-corrected chi connectivity index (χ2v) is 6.38. The Balaban J connectivity index is 1.52. The second kappa shape index (κ2) is 6.16. The number of thiazole rings is 1. The van der Waals surface area contributed by atoms with Crippen LogP contribution in [0.5, 0.6) is 0 Å². The Bertz CT molecular complexity index is 612. The number of halogens is 3. The first-order valence-corrected chi connectivity index (χ1v) is 7.91. The Hall–Kier alpha value is -1.76. The number of anilines is 2. The molecule has 1 aliphatic heterocycles. The predicted molar refractivity (Wildman–Crippen MR) is 82.4 cm³/mol. The van der Waals surface area contributed by atoms with E-state index in [1.165, 1.54) is 5.69 Å². The highest BCUT2D eigenvalue weighted by molar-refractivity contribution is 7.15. The SMILES string of the molecule is FC(F)(F)c1cnc(NCC2CCN(c3ccccc3)C2)s1. The number of para-hydroxylation sites is 1. The maximum atomic E-state index is 12.5. The molecule has 1 saturated heterocycles. The molecule has 1 fully saturated rings. The largest absolute Gasteiger partial charge is 0.427 e. The van der Waals surface area contributed by atoms with E-state index in [-0.39, 0.29) is 0 Å². The van der Waals surface area contributed by atoms with Gasteiger partial charge in [-0.2, -0.15) is 13.2 Å². The predicted octanol–water partition coefficient (Wildman–Crippen LogP) is 4.10. The summed E-state index contributed by atoms with van der Waals surface area (Å²) in [4.78, 5) is 5.44. The molecule has 2 heterocycles. The number of hydrogen-bond acceptors (Lipinski definition) is 4. The third-order valence-corrected chi connectivity index (χ3v) is 4.73. The van der Waals surface area contributed by atoms with Crippen molar-refractivity contribution in [3.63, 3.8) is 0 Å². The van der Waals surface area contributed by atoms with E-state index < -0.39 is 11.1 Å². The summed E-state index contributed by atoms with van der Waals surface area (Å²) in [7, 11) is 0. The summed E-state index contributed by atoms with van der Waals surface area (Å²) in [6.45, 7) is 2.53. The van der Waals surface area contributed by atoms with Gasteiger partial charge in [0.2, 0.25) is 0 Å². The van der Waals surface area contributed by atoms with Gasteiger partial charge in [0.05, 0.1) is 6.20 Å². The standard InChI is InChI=1S/C15H16F3N3S/c16-15(17,18)13-9-20-14(22-13)19-8-11-6-7-21(10-11)12-4-2-1-3-5-12/h1-5,9,11H,6-8,10H2,(H,19,20). The zero-order chi connectivity index (χ0) is 15.6. The van der Waals surface area contributed by atoms with Crippen molar-refractivity contribution in [2.75, 3.05) is 29.9 Å². The van der Waals surface area contributed by atoms with Crippen LogP contribution in [-0.4, -0.2) is 24.6 Å². The van der Waals surface area contributed by atoms with Crippen LogP contribution in [-0.2, 0) is 6.18 Å². The minimum absolute atomic E-state index is 0.338. The lowest BCUT2D eigenvalue weighted by Gasteiger charge is -2.18. The van der Waals surface area contributed by atoms with Gasteiger partial charge >= 0.3 is 6.18 Å². The number of aromatic nitrogens is 1. The van der Waals surface area contributed by atoms with Crippen LogP contribution in [0, 0.1) is 5.92 Å². The molecule has 1 N–H and O–H groups in total. The van der Waals surface area contributed by atoms with Gasteiger partial charge < -0.3 is 10.2 Å². The molecule has 2 aromatic rings. The van der Waals surface area contributed by atoms with Gasteiger partial charge in [0.25, 0.3) is 0 Å². The number of alkyl halides is 3. The minimum Gasteiger partial charge on any atom is -0.371 e. The van der Waals surface area contributed by atoms with Crippen LogP contribution in [0.2, 0.25) is 0 Å². The van der Waals surface area contributed by atoms with Crippen molar-refractivity contribution in [1.29, 1.82) is 0 Å². The molecule has 118 valence electrons. The topological polar surface area (TPSA) is 28.2 Å². The van der Waals surface area contributed by atoms with Gasteiger partial charge in [-0.1, -0.05) is 29.5 Å². The van der Waals surface area contributed by atoms with Gasteiger partial charge in [0.1, 0.15) is 4.88 Å². The fourth-order valence-electron chi connectivity index (χ4n) is 2.59. The lowest BCUT2D eigenvalue weighted by molar-refractivity contribution is -0.134. The number of nitrogens with one attached hydrogen (secondary N) is 1. The van der Waals surface area contributed by atoms with Gasteiger partial charge in [0.15, 0.2) is 5.13 Å². The zero-order valence-corrected chi connectivity index (χ0v) is 12.6. The molecule has 22 heavy (non-hydrogen) atoms. The van der Waals surface area contributed by atoms with E-state index in [1.807, 2.05) is 18.2 Å². The first-order valence-electron chi connectivity index (χ1n) is 7.09. The maximum absolute atomic E-state index is 12.5. The molecular formula is C15H16F3N3S. The van der Waals surface area contributed by atoms with Crippen LogP contribution in [0.4, 0.5) is 24.0 Å². The Morgan fingerprint density at radius 1 is 1.27 bits per heavy atom. The van der Waals surface area contributed by atoms with Crippen molar-refractivity contribution < 1.29 is 13.2 Å². The van der Waals surface area contributed by atoms with Crippen LogP contribution < -0.4 is 10.2 Å². The molecule has 1 unspecified atom stereocenters. The Morgan fingerprint density at radius 3 is 2.73 bits per heavy atom. The maximum Gasteiger partial charge on any atom is 0.427 e. The van der Waals surface area contributed by atoms with E-state index in [4.69, 9.17) is 0 Å². The molecule has 0 bridgehead atoms. The fraction of sp³-hybridized carbons (Fsp3) is 0.400. The molecule has 3 rings (SSSR count). The van der Waals surface area contributed by atoms with Gasteiger partial charge in [-0.3, -0.25) is 0 Å². The van der Waals surface area contributed by atoms with E-state index in [9.17, 15) is 13.2 Å². The van der Waals surface area contributed by atoms with E-state index in [0.717, 1.165) is 25.7 Å². The van der Waals surface area contributed by atoms with Crippen molar-refractivity contribution in [3.05, 3.63) is 41.4 Å². The number of benzene rings is 1. The highest BCUT2D eigenvalue weighted by Crippen LogP contribution is 2.35. The molecule has 3 nitrogen and oxygen atoms in total. The lowest BCUT2D eigenvalue weighted by atomic mass is 10.1. The molecule has 1 atom stereocenters. The lowest BCUT2D eigenvalue weighted by Crippen LogP contribution is -2.22. The molecule has 1 aromatic carbocycles. The van der Waals surface area contributed by atoms with Crippen molar-refractivity contribution in [1.82, 2.24) is 4.98 Å². The summed E-state index contributed by atoms with van der Waals surface area (Å²) < 4.78 is 37.6. The smallest absolute Gasteiger partial charge is 0.371 e. The minimum atomic E-state index is -4.31. The summed E-state index contributed by atoms with van der Waals surface area (Å²) in [6, 6.07) is 10.2. The van der Waals surface area contributed by atoms with Crippen LogP contribution in [0.25, 0.3) is 0 Å². The molecule has 1 aromatic heterocycles. The molecule has 0 saturated carbocycles. The van der Waals surface area contributed by atoms with Crippen LogP contribution in [0.15, 0.2) is 36.5 Å². The van der Waals surface area contributed by atoms with Gasteiger partial charge in [-0.05, 0) is 24.5 Å². The molecule has 0 aliphatic carbocycles. The number of nitrogens with zero attached hydrogens (tertiary/aromatic N) is 2. The molecular weight excluding hydrogens is 311 g/mol. The third kappa shape index (κ3) is 3.52. The summed E-state index contributed by atoms with van der Waals surface area (Å²) in [5, 5.41) is 3.37. The Labute approximate surface area is 130 Å². The average Bonchev–Trinajstić information content (AvgIpc) is 3.15. The molecule has 0 spiro atoms. The van der Waals surface area contributed by atoms with Crippen LogP contribution in [0.3, 0.4) is 0 Å². The summed E-state index contributed by atoms with van der Waals surface area (Å²) in [5.41, 5.74) is 1.19. The van der Waals surface area contributed by atoms with Crippen molar-refractivity contribution >= 4 is 22.2 Å². The van der Waals surface area contributed by atoms with Crippen LogP contribution in [0.1, 0.15) is 11.3 Å². The van der Waals surface area contributed by atoms with Crippen molar-refractivity contribution in [2.45, 2.75) is 12.6 Å². The molecule has 0 amide bonds. The number of hydrogen-bond donors (Lipinski definition) is 1. The second-order valence-electron chi connectivity index (χ2n) is 5.34. The zero-order valence-electron chi connectivity index (χ0n) is 11.8. The quantitative estimate of drug-likeness (QED) is 0.916. The first kappa shape index (κ1) is 15.1. The molecule has 7 heteroatoms. The normalized spacial score (nSPS) is 18.7. The van der Waals surface area contributed by atoms with E-state index in [0.29, 0.717) is 28.9 Å².